The minimum absolute atomic E-state index is 0.0775. The fourth-order valence-corrected chi connectivity index (χ4v) is 2.04. The molecule has 1 aromatic carbocycles. The van der Waals surface area contributed by atoms with E-state index in [9.17, 15) is 0 Å². The lowest BCUT2D eigenvalue weighted by Gasteiger charge is -2.23. The van der Waals surface area contributed by atoms with Crippen molar-refractivity contribution in [3.8, 4) is 5.75 Å². The number of methoxy groups -OCH3 is 1. The number of rotatable bonds is 4. The molecule has 0 aliphatic heterocycles. The fourth-order valence-electron chi connectivity index (χ4n) is 1.93. The first kappa shape index (κ1) is 15.1. The average molecular weight is 267 g/mol. The van der Waals surface area contributed by atoms with E-state index in [1.54, 1.807) is 7.11 Å². The first-order valence-electron chi connectivity index (χ1n) is 6.31. The molecule has 0 saturated heterocycles. The highest BCUT2D eigenvalue weighted by molar-refractivity contribution is 6.17. The van der Waals surface area contributed by atoms with Crippen molar-refractivity contribution < 1.29 is 4.74 Å². The van der Waals surface area contributed by atoms with Crippen LogP contribution < -0.4 is 4.74 Å². The topological polar surface area (TPSA) is 9.23 Å². The molecular weight excluding hydrogens is 244 g/mol. The van der Waals surface area contributed by atoms with E-state index in [4.69, 9.17) is 16.3 Å². The van der Waals surface area contributed by atoms with E-state index in [0.29, 0.717) is 5.88 Å². The van der Waals surface area contributed by atoms with E-state index in [-0.39, 0.29) is 5.41 Å². The Kier molecular flexibility index (Phi) is 5.28. The fraction of sp³-hybridized carbons (Fsp3) is 0.500. The first-order chi connectivity index (χ1) is 8.40. The summed E-state index contributed by atoms with van der Waals surface area (Å²) in [6, 6.07) is 6.38. The Labute approximate surface area is 116 Å². The van der Waals surface area contributed by atoms with Gasteiger partial charge in [0.05, 0.1) is 7.11 Å². The van der Waals surface area contributed by atoms with Gasteiger partial charge < -0.3 is 4.74 Å². The van der Waals surface area contributed by atoms with Crippen molar-refractivity contribution in [1.82, 2.24) is 0 Å². The van der Waals surface area contributed by atoms with Crippen molar-refractivity contribution in [3.63, 3.8) is 0 Å². The number of ether oxygens (including phenoxy) is 1. The van der Waals surface area contributed by atoms with Gasteiger partial charge in [0.25, 0.3) is 0 Å². The third kappa shape index (κ3) is 3.78. The Hall–Kier alpha value is -0.950. The molecule has 100 valence electrons. The normalized spacial score (nSPS) is 12.7. The van der Waals surface area contributed by atoms with Crippen LogP contribution in [-0.2, 0) is 5.41 Å². The van der Waals surface area contributed by atoms with Crippen LogP contribution in [0.5, 0.6) is 5.75 Å². The molecule has 0 heterocycles. The molecule has 2 heteroatoms. The van der Waals surface area contributed by atoms with Crippen LogP contribution in [-0.4, -0.2) is 13.0 Å². The summed E-state index contributed by atoms with van der Waals surface area (Å²) in [5, 5.41) is 0. The summed E-state index contributed by atoms with van der Waals surface area (Å²) in [5.74, 6) is 1.62. The summed E-state index contributed by atoms with van der Waals surface area (Å²) in [7, 11) is 1.72. The minimum atomic E-state index is 0.0775. The van der Waals surface area contributed by atoms with Gasteiger partial charge in [-0.05, 0) is 42.0 Å². The highest BCUT2D eigenvalue weighted by atomic mass is 35.5. The summed E-state index contributed by atoms with van der Waals surface area (Å²) < 4.78 is 5.45. The van der Waals surface area contributed by atoms with Gasteiger partial charge in [0.1, 0.15) is 5.75 Å². The summed E-state index contributed by atoms with van der Waals surface area (Å²) in [4.78, 5) is 0. The molecule has 1 aromatic rings. The Balaban J connectivity index is 3.19. The molecule has 0 aliphatic rings. The molecule has 0 N–H and O–H groups in total. The van der Waals surface area contributed by atoms with Crippen LogP contribution in [0.1, 0.15) is 45.2 Å². The molecule has 18 heavy (non-hydrogen) atoms. The second-order valence-electron chi connectivity index (χ2n) is 5.53. The van der Waals surface area contributed by atoms with Crippen molar-refractivity contribution in [1.29, 1.82) is 0 Å². The molecule has 0 fully saturated rings. The molecule has 0 spiro atoms. The number of hydrogen-bond acceptors (Lipinski definition) is 1. The summed E-state index contributed by atoms with van der Waals surface area (Å²) >= 11 is 5.72. The average Bonchev–Trinajstić information content (AvgIpc) is 2.34. The Bertz CT molecular complexity index is 427. The summed E-state index contributed by atoms with van der Waals surface area (Å²) in [6.45, 7) is 8.73. The van der Waals surface area contributed by atoms with Gasteiger partial charge in [-0.2, -0.15) is 0 Å². The Morgan fingerprint density at radius 2 is 2.00 bits per heavy atom. The quantitative estimate of drug-likeness (QED) is 0.695. The zero-order valence-corrected chi connectivity index (χ0v) is 12.8. The zero-order chi connectivity index (χ0) is 13.8. The standard InChI is InChI=1S/C16H23ClO/c1-12(7-6-10-17)13-8-9-15(18-5)14(11-13)16(2,3)4/h7-9,11H,6,10H2,1-5H3/b12-7+. The van der Waals surface area contributed by atoms with E-state index in [0.717, 1.165) is 12.2 Å². The molecule has 0 unspecified atom stereocenters. The van der Waals surface area contributed by atoms with E-state index in [1.165, 1.54) is 16.7 Å². The van der Waals surface area contributed by atoms with Crippen LogP contribution in [0.4, 0.5) is 0 Å². The van der Waals surface area contributed by atoms with Crippen LogP contribution >= 0.6 is 11.6 Å². The molecule has 0 atom stereocenters. The lowest BCUT2D eigenvalue weighted by atomic mass is 9.84. The molecule has 0 aromatic heterocycles. The molecular formula is C16H23ClO. The van der Waals surface area contributed by atoms with Gasteiger partial charge in [-0.3, -0.25) is 0 Å². The largest absolute Gasteiger partial charge is 0.496 e. The maximum absolute atomic E-state index is 5.72. The van der Waals surface area contributed by atoms with Gasteiger partial charge in [0.15, 0.2) is 0 Å². The van der Waals surface area contributed by atoms with Gasteiger partial charge in [0.2, 0.25) is 0 Å². The van der Waals surface area contributed by atoms with Crippen LogP contribution in [0.2, 0.25) is 0 Å². The summed E-state index contributed by atoms with van der Waals surface area (Å²) in [6.07, 6.45) is 3.09. The predicted octanol–water partition coefficient (Wildman–Crippen LogP) is 5.02. The smallest absolute Gasteiger partial charge is 0.122 e. The van der Waals surface area contributed by atoms with Gasteiger partial charge in [-0.1, -0.05) is 32.9 Å². The molecule has 0 saturated carbocycles. The third-order valence-electron chi connectivity index (χ3n) is 3.02. The molecule has 1 rings (SSSR count). The highest BCUT2D eigenvalue weighted by Crippen LogP contribution is 2.33. The van der Waals surface area contributed by atoms with Crippen molar-refractivity contribution in [3.05, 3.63) is 35.4 Å². The minimum Gasteiger partial charge on any atom is -0.496 e. The monoisotopic (exact) mass is 266 g/mol. The second kappa shape index (κ2) is 6.29. The zero-order valence-electron chi connectivity index (χ0n) is 12.0. The van der Waals surface area contributed by atoms with Crippen LogP contribution in [0.15, 0.2) is 24.3 Å². The van der Waals surface area contributed by atoms with E-state index < -0.39 is 0 Å². The van der Waals surface area contributed by atoms with Gasteiger partial charge in [-0.25, -0.2) is 0 Å². The number of benzene rings is 1. The van der Waals surface area contributed by atoms with Gasteiger partial charge >= 0.3 is 0 Å². The maximum atomic E-state index is 5.72. The molecule has 0 bridgehead atoms. The van der Waals surface area contributed by atoms with Crippen LogP contribution in [0.3, 0.4) is 0 Å². The Morgan fingerprint density at radius 1 is 1.33 bits per heavy atom. The highest BCUT2D eigenvalue weighted by Gasteiger charge is 2.19. The molecule has 1 nitrogen and oxygen atoms in total. The predicted molar refractivity (Wildman–Crippen MR) is 80.7 cm³/mol. The van der Waals surface area contributed by atoms with Crippen LogP contribution in [0.25, 0.3) is 5.57 Å². The SMILES string of the molecule is COc1ccc(/C(C)=C/CCCl)cc1C(C)(C)C. The van der Waals surface area contributed by atoms with E-state index in [2.05, 4.69) is 45.9 Å². The lowest BCUT2D eigenvalue weighted by Crippen LogP contribution is -2.13. The number of allylic oxidation sites excluding steroid dienone is 2. The van der Waals surface area contributed by atoms with Gasteiger partial charge in [-0.15, -0.1) is 11.6 Å². The molecule has 0 radical (unpaired) electrons. The van der Waals surface area contributed by atoms with Crippen LogP contribution in [0, 0.1) is 0 Å². The maximum Gasteiger partial charge on any atom is 0.122 e. The van der Waals surface area contributed by atoms with E-state index in [1.807, 2.05) is 6.07 Å². The molecule has 0 aliphatic carbocycles. The number of halogens is 1. The number of hydrogen-bond donors (Lipinski definition) is 0. The molecule has 0 amide bonds. The van der Waals surface area contributed by atoms with E-state index >= 15 is 0 Å². The van der Waals surface area contributed by atoms with Crippen molar-refractivity contribution in [2.75, 3.05) is 13.0 Å². The summed E-state index contributed by atoms with van der Waals surface area (Å²) in [5.41, 5.74) is 3.82. The van der Waals surface area contributed by atoms with Crippen molar-refractivity contribution >= 4 is 17.2 Å². The Morgan fingerprint density at radius 3 is 2.50 bits per heavy atom. The first-order valence-corrected chi connectivity index (χ1v) is 6.85. The number of alkyl halides is 1. The third-order valence-corrected chi connectivity index (χ3v) is 3.24. The van der Waals surface area contributed by atoms with Gasteiger partial charge in [0, 0.05) is 11.4 Å². The van der Waals surface area contributed by atoms with Crippen molar-refractivity contribution in [2.24, 2.45) is 0 Å². The van der Waals surface area contributed by atoms with Crippen molar-refractivity contribution in [2.45, 2.75) is 39.5 Å². The lowest BCUT2D eigenvalue weighted by molar-refractivity contribution is 0.397. The second-order valence-corrected chi connectivity index (χ2v) is 5.91.